The molecule has 3 aromatic heterocycles. The molecule has 170 valence electrons. The van der Waals surface area contributed by atoms with Crippen LogP contribution in [-0.2, 0) is 36.0 Å². The fourth-order valence-corrected chi connectivity index (χ4v) is 5.73. The van der Waals surface area contributed by atoms with Crippen molar-refractivity contribution in [2.45, 2.75) is 25.8 Å². The topological polar surface area (TPSA) is 96.2 Å². The molecule has 0 aliphatic heterocycles. The lowest BCUT2D eigenvalue weighted by atomic mass is 9.88. The molecule has 1 unspecified atom stereocenters. The lowest BCUT2D eigenvalue weighted by Gasteiger charge is -2.21. The zero-order chi connectivity index (χ0) is 23.2. The zero-order valence-corrected chi connectivity index (χ0v) is 19.8. The Balaban J connectivity index is 1.31. The molecule has 0 spiro atoms. The van der Waals surface area contributed by atoms with Gasteiger partial charge in [-0.2, -0.15) is 16.6 Å². The molecule has 3 heterocycles. The number of hydrogen-bond donors (Lipinski definition) is 2. The van der Waals surface area contributed by atoms with Gasteiger partial charge in [0.15, 0.2) is 0 Å². The van der Waals surface area contributed by atoms with Crippen LogP contribution in [0.4, 0.5) is 9.80 Å². The summed E-state index contributed by atoms with van der Waals surface area (Å²) in [6.45, 7) is 0.737. The first-order chi connectivity index (χ1) is 16.0. The van der Waals surface area contributed by atoms with E-state index in [-0.39, 0.29) is 11.8 Å². The van der Waals surface area contributed by atoms with Gasteiger partial charge in [-0.05, 0) is 71.3 Å². The van der Waals surface area contributed by atoms with Crippen molar-refractivity contribution in [1.82, 2.24) is 9.88 Å². The molecule has 0 saturated carbocycles. The third-order valence-corrected chi connectivity index (χ3v) is 7.47. The Morgan fingerprint density at radius 2 is 2.27 bits per heavy atom. The van der Waals surface area contributed by atoms with Crippen molar-refractivity contribution in [3.63, 3.8) is 0 Å². The minimum absolute atomic E-state index is 0.186. The predicted molar refractivity (Wildman–Crippen MR) is 130 cm³/mol. The van der Waals surface area contributed by atoms with Gasteiger partial charge in [0, 0.05) is 29.9 Å². The number of nitrogens with one attached hydrogen (secondary N) is 2. The molecule has 2 N–H and O–H groups in total. The standard InChI is InChI=1S/C24H24N4O3S2/c1-28-9-2-3-18(28)13-26-24(30)31-14-17-4-6-19-20(12-25)23(33-21(19)11-17)27-22(29)7-5-16-8-10-32-15-16/h2-3,5,7-10,15,17H,4,6,11,13-14H2,1H3,(H,26,30)(H,27,29). The molecule has 4 rings (SSSR count). The normalized spacial score (nSPS) is 15.1. The van der Waals surface area contributed by atoms with Gasteiger partial charge < -0.3 is 19.9 Å². The van der Waals surface area contributed by atoms with Crippen LogP contribution in [0.15, 0.2) is 41.2 Å². The van der Waals surface area contributed by atoms with Crippen LogP contribution in [-0.4, -0.2) is 23.2 Å². The summed E-state index contributed by atoms with van der Waals surface area (Å²) in [6.07, 6.45) is 7.00. The molecule has 1 aliphatic carbocycles. The third kappa shape index (κ3) is 5.72. The average Bonchev–Trinajstić information content (AvgIpc) is 3.54. The average molecular weight is 481 g/mol. The Bertz CT molecular complexity index is 1200. The Morgan fingerprint density at radius 1 is 1.39 bits per heavy atom. The van der Waals surface area contributed by atoms with E-state index in [1.54, 1.807) is 17.4 Å². The quantitative estimate of drug-likeness (QED) is 0.479. The van der Waals surface area contributed by atoms with Gasteiger partial charge in [0.1, 0.15) is 11.1 Å². The monoisotopic (exact) mass is 480 g/mol. The molecule has 0 fully saturated rings. The zero-order valence-electron chi connectivity index (χ0n) is 18.2. The van der Waals surface area contributed by atoms with Crippen molar-refractivity contribution < 1.29 is 14.3 Å². The smallest absolute Gasteiger partial charge is 0.407 e. The summed E-state index contributed by atoms with van der Waals surface area (Å²) in [5.74, 6) is -0.0726. The molecule has 3 aromatic rings. The molecule has 1 aliphatic rings. The highest BCUT2D eigenvalue weighted by Gasteiger charge is 2.27. The van der Waals surface area contributed by atoms with E-state index in [1.165, 1.54) is 17.4 Å². The molecule has 2 amide bonds. The highest BCUT2D eigenvalue weighted by Crippen LogP contribution is 2.39. The summed E-state index contributed by atoms with van der Waals surface area (Å²) in [6, 6.07) is 8.06. The lowest BCUT2D eigenvalue weighted by Crippen LogP contribution is -2.28. The molecule has 7 nitrogen and oxygen atoms in total. The van der Waals surface area contributed by atoms with E-state index in [9.17, 15) is 14.9 Å². The number of anilines is 1. The van der Waals surface area contributed by atoms with Crippen LogP contribution in [0.5, 0.6) is 0 Å². The van der Waals surface area contributed by atoms with E-state index < -0.39 is 6.09 Å². The maximum Gasteiger partial charge on any atom is 0.407 e. The number of hydrogen-bond acceptors (Lipinski definition) is 6. The van der Waals surface area contributed by atoms with Gasteiger partial charge in [-0.1, -0.05) is 0 Å². The number of rotatable bonds is 7. The van der Waals surface area contributed by atoms with Crippen LogP contribution in [0.2, 0.25) is 0 Å². The van der Waals surface area contributed by atoms with E-state index in [0.29, 0.717) is 23.7 Å². The fourth-order valence-electron chi connectivity index (χ4n) is 3.79. The fraction of sp³-hybridized carbons (Fsp3) is 0.292. The van der Waals surface area contributed by atoms with Crippen molar-refractivity contribution in [3.05, 3.63) is 68.5 Å². The van der Waals surface area contributed by atoms with Crippen molar-refractivity contribution in [2.75, 3.05) is 11.9 Å². The van der Waals surface area contributed by atoms with Crippen LogP contribution in [0.1, 0.15) is 33.7 Å². The Hall–Kier alpha value is -3.35. The van der Waals surface area contributed by atoms with Crippen molar-refractivity contribution in [2.24, 2.45) is 13.0 Å². The molecule has 0 radical (unpaired) electrons. The maximum absolute atomic E-state index is 12.3. The number of aryl methyl sites for hydroxylation is 1. The SMILES string of the molecule is Cn1cccc1CNC(=O)OCC1CCc2c(sc(NC(=O)C=Cc3ccsc3)c2C#N)C1. The molecule has 33 heavy (non-hydrogen) atoms. The molecular weight excluding hydrogens is 456 g/mol. The Morgan fingerprint density at radius 3 is 3.00 bits per heavy atom. The molecule has 0 bridgehead atoms. The minimum Gasteiger partial charge on any atom is -0.449 e. The number of aromatic nitrogens is 1. The lowest BCUT2D eigenvalue weighted by molar-refractivity contribution is -0.111. The van der Waals surface area contributed by atoms with Gasteiger partial charge in [-0.25, -0.2) is 4.79 Å². The molecule has 0 saturated heterocycles. The van der Waals surface area contributed by atoms with Crippen LogP contribution in [0, 0.1) is 17.2 Å². The number of amides is 2. The van der Waals surface area contributed by atoms with Crippen LogP contribution < -0.4 is 10.6 Å². The molecule has 1 atom stereocenters. The van der Waals surface area contributed by atoms with Gasteiger partial charge in [-0.3, -0.25) is 4.79 Å². The largest absolute Gasteiger partial charge is 0.449 e. The number of carbonyl (C=O) groups excluding carboxylic acids is 2. The Kier molecular flexibility index (Phi) is 7.27. The predicted octanol–water partition coefficient (Wildman–Crippen LogP) is 4.70. The van der Waals surface area contributed by atoms with Crippen molar-refractivity contribution >= 4 is 45.8 Å². The van der Waals surface area contributed by atoms with Gasteiger partial charge in [0.25, 0.3) is 0 Å². The highest BCUT2D eigenvalue weighted by atomic mass is 32.1. The highest BCUT2D eigenvalue weighted by molar-refractivity contribution is 7.16. The van der Waals surface area contributed by atoms with Gasteiger partial charge >= 0.3 is 6.09 Å². The summed E-state index contributed by atoms with van der Waals surface area (Å²) >= 11 is 3.01. The van der Waals surface area contributed by atoms with E-state index in [1.807, 2.05) is 46.8 Å². The number of thiophene rings is 2. The summed E-state index contributed by atoms with van der Waals surface area (Å²) in [5.41, 5.74) is 3.52. The third-order valence-electron chi connectivity index (χ3n) is 5.60. The molecular formula is C24H24N4O3S2. The van der Waals surface area contributed by atoms with Crippen LogP contribution in [0.25, 0.3) is 6.08 Å². The molecule has 0 aromatic carbocycles. The number of ether oxygens (including phenoxy) is 1. The van der Waals surface area contributed by atoms with E-state index in [4.69, 9.17) is 4.74 Å². The second-order valence-corrected chi connectivity index (χ2v) is 9.76. The summed E-state index contributed by atoms with van der Waals surface area (Å²) < 4.78 is 7.38. The minimum atomic E-state index is -0.434. The van der Waals surface area contributed by atoms with Crippen molar-refractivity contribution in [1.29, 1.82) is 5.26 Å². The first kappa shape index (κ1) is 22.8. The first-order valence-corrected chi connectivity index (χ1v) is 12.4. The summed E-state index contributed by atoms with van der Waals surface area (Å²) in [4.78, 5) is 25.5. The second-order valence-electron chi connectivity index (χ2n) is 7.87. The summed E-state index contributed by atoms with van der Waals surface area (Å²) in [5, 5.41) is 19.8. The number of carbonyl (C=O) groups is 2. The first-order valence-electron chi connectivity index (χ1n) is 10.6. The van der Waals surface area contributed by atoms with Crippen molar-refractivity contribution in [3.8, 4) is 6.07 Å². The van der Waals surface area contributed by atoms with Crippen LogP contribution >= 0.6 is 22.7 Å². The van der Waals surface area contributed by atoms with E-state index in [0.717, 1.165) is 41.0 Å². The number of alkyl carbamates (subject to hydrolysis) is 1. The van der Waals surface area contributed by atoms with E-state index >= 15 is 0 Å². The van der Waals surface area contributed by atoms with Crippen LogP contribution in [0.3, 0.4) is 0 Å². The number of nitrogens with zero attached hydrogens (tertiary/aromatic N) is 2. The van der Waals surface area contributed by atoms with Gasteiger partial charge in [0.05, 0.1) is 18.7 Å². The van der Waals surface area contributed by atoms with E-state index in [2.05, 4.69) is 16.7 Å². The maximum atomic E-state index is 12.3. The Labute approximate surface area is 200 Å². The van der Waals surface area contributed by atoms with Gasteiger partial charge in [-0.15, -0.1) is 11.3 Å². The number of fused-ring (bicyclic) bond motifs is 1. The molecule has 9 heteroatoms. The van der Waals surface area contributed by atoms with Gasteiger partial charge in [0.2, 0.25) is 5.91 Å². The summed E-state index contributed by atoms with van der Waals surface area (Å²) in [7, 11) is 1.93. The second kappa shape index (κ2) is 10.5. The number of nitriles is 1.